The molecule has 0 aliphatic carbocycles. The van der Waals surface area contributed by atoms with Crippen molar-refractivity contribution in [2.45, 2.75) is 13.0 Å². The zero-order valence-electron chi connectivity index (χ0n) is 15.6. The third kappa shape index (κ3) is 5.06. The number of rotatable bonds is 8. The van der Waals surface area contributed by atoms with Gasteiger partial charge in [0.05, 0.1) is 5.69 Å². The molecule has 0 atom stereocenters. The van der Waals surface area contributed by atoms with E-state index in [1.807, 2.05) is 18.2 Å². The summed E-state index contributed by atoms with van der Waals surface area (Å²) in [5.41, 5.74) is 9.13. The monoisotopic (exact) mass is 395 g/mol. The number of amides is 1. The summed E-state index contributed by atoms with van der Waals surface area (Å²) in [6.45, 7) is 1.60. The van der Waals surface area contributed by atoms with Crippen molar-refractivity contribution in [1.29, 1.82) is 0 Å². The van der Waals surface area contributed by atoms with Gasteiger partial charge < -0.3 is 10.6 Å². The lowest BCUT2D eigenvalue weighted by molar-refractivity contribution is -0.106. The van der Waals surface area contributed by atoms with E-state index in [0.29, 0.717) is 30.0 Å². The fourth-order valence-electron chi connectivity index (χ4n) is 2.96. The third-order valence-corrected chi connectivity index (χ3v) is 4.53. The Hall–Kier alpha value is -2.96. The van der Waals surface area contributed by atoms with Gasteiger partial charge in [0.1, 0.15) is 5.82 Å². The van der Waals surface area contributed by atoms with Crippen LogP contribution in [-0.4, -0.2) is 34.9 Å². The van der Waals surface area contributed by atoms with Crippen molar-refractivity contribution in [3.05, 3.63) is 77.2 Å². The van der Waals surface area contributed by atoms with E-state index in [2.05, 4.69) is 34.0 Å². The first kappa shape index (κ1) is 19.8. The van der Waals surface area contributed by atoms with Crippen molar-refractivity contribution in [3.63, 3.8) is 0 Å². The number of likely N-dealkylation sites (N-methyl/N-ethyl adjacent to an activating group) is 1. The molecule has 2 N–H and O–H groups in total. The van der Waals surface area contributed by atoms with Crippen molar-refractivity contribution in [2.75, 3.05) is 24.2 Å². The van der Waals surface area contributed by atoms with E-state index in [0.717, 1.165) is 18.7 Å². The highest BCUT2D eigenvalue weighted by atomic mass is 35.5. The van der Waals surface area contributed by atoms with Gasteiger partial charge in [-0.2, -0.15) is 4.98 Å². The minimum Gasteiger partial charge on any atom is -0.399 e. The molecule has 0 radical (unpaired) electrons. The smallest absolute Gasteiger partial charge is 0.224 e. The summed E-state index contributed by atoms with van der Waals surface area (Å²) in [4.78, 5) is 23.9. The Morgan fingerprint density at radius 1 is 1.14 bits per heavy atom. The lowest BCUT2D eigenvalue weighted by Crippen LogP contribution is -2.23. The van der Waals surface area contributed by atoms with E-state index >= 15 is 0 Å². The summed E-state index contributed by atoms with van der Waals surface area (Å²) in [7, 11) is 2.05. The fourth-order valence-corrected chi connectivity index (χ4v) is 3.08. The summed E-state index contributed by atoms with van der Waals surface area (Å²) in [6.07, 6.45) is 3.05. The average molecular weight is 396 g/mol. The SMILES string of the molecule is CN(CCc1cnc(Cl)nc1N(C=O)c1cccc(N)c1)Cc1ccccc1. The molecule has 0 unspecified atom stereocenters. The van der Waals surface area contributed by atoms with Crippen LogP contribution in [-0.2, 0) is 17.8 Å². The zero-order chi connectivity index (χ0) is 19.9. The molecule has 1 heterocycles. The van der Waals surface area contributed by atoms with E-state index in [4.69, 9.17) is 17.3 Å². The Morgan fingerprint density at radius 2 is 1.93 bits per heavy atom. The predicted molar refractivity (Wildman–Crippen MR) is 113 cm³/mol. The van der Waals surface area contributed by atoms with Crippen molar-refractivity contribution >= 4 is 35.2 Å². The number of aromatic nitrogens is 2. The molecule has 0 saturated carbocycles. The van der Waals surface area contributed by atoms with Crippen molar-refractivity contribution in [3.8, 4) is 0 Å². The Balaban J connectivity index is 1.79. The van der Waals surface area contributed by atoms with Gasteiger partial charge in [-0.25, -0.2) is 4.98 Å². The van der Waals surface area contributed by atoms with Gasteiger partial charge >= 0.3 is 0 Å². The number of hydrogen-bond acceptors (Lipinski definition) is 5. The quantitative estimate of drug-likeness (QED) is 0.357. The molecule has 144 valence electrons. The van der Waals surface area contributed by atoms with Gasteiger partial charge in [0.2, 0.25) is 11.7 Å². The molecule has 0 fully saturated rings. The Kier molecular flexibility index (Phi) is 6.57. The molecular weight excluding hydrogens is 374 g/mol. The van der Waals surface area contributed by atoms with Crippen LogP contribution in [0.1, 0.15) is 11.1 Å². The first-order chi connectivity index (χ1) is 13.6. The molecule has 3 rings (SSSR count). The second-order valence-electron chi connectivity index (χ2n) is 6.53. The lowest BCUT2D eigenvalue weighted by Gasteiger charge is -2.21. The maximum absolute atomic E-state index is 11.8. The molecule has 0 aliphatic rings. The van der Waals surface area contributed by atoms with E-state index in [-0.39, 0.29) is 5.28 Å². The number of nitrogens with zero attached hydrogens (tertiary/aromatic N) is 4. The van der Waals surface area contributed by atoms with Gasteiger partial charge in [0, 0.05) is 30.5 Å². The molecule has 0 bridgehead atoms. The Labute approximate surface area is 169 Å². The predicted octanol–water partition coefficient (Wildman–Crippen LogP) is 3.68. The van der Waals surface area contributed by atoms with Crippen LogP contribution in [0.3, 0.4) is 0 Å². The van der Waals surface area contributed by atoms with Crippen LogP contribution in [0.4, 0.5) is 17.2 Å². The second-order valence-corrected chi connectivity index (χ2v) is 6.87. The fraction of sp³-hybridized carbons (Fsp3) is 0.190. The molecule has 1 amide bonds. The Bertz CT molecular complexity index is 935. The standard InChI is InChI=1S/C21H22ClN5O/c1-26(14-16-6-3-2-4-7-16)11-10-17-13-24-21(22)25-20(17)27(15-28)19-9-5-8-18(23)12-19/h2-9,12-13,15H,10-11,14,23H2,1H3. The van der Waals surface area contributed by atoms with Crippen molar-refractivity contribution < 1.29 is 4.79 Å². The van der Waals surface area contributed by atoms with E-state index < -0.39 is 0 Å². The zero-order valence-corrected chi connectivity index (χ0v) is 16.4. The summed E-state index contributed by atoms with van der Waals surface area (Å²) in [6, 6.07) is 17.3. The maximum Gasteiger partial charge on any atom is 0.224 e. The number of nitrogen functional groups attached to an aromatic ring is 1. The maximum atomic E-state index is 11.8. The molecule has 0 saturated heterocycles. The molecular formula is C21H22ClN5O. The highest BCUT2D eigenvalue weighted by molar-refractivity contribution is 6.28. The Morgan fingerprint density at radius 3 is 2.64 bits per heavy atom. The minimum absolute atomic E-state index is 0.0899. The summed E-state index contributed by atoms with van der Waals surface area (Å²) in [5.74, 6) is 0.466. The van der Waals surface area contributed by atoms with Gasteiger partial charge in [-0.15, -0.1) is 0 Å². The first-order valence-corrected chi connectivity index (χ1v) is 9.28. The van der Waals surface area contributed by atoms with Gasteiger partial charge in [0.25, 0.3) is 0 Å². The summed E-state index contributed by atoms with van der Waals surface area (Å²) < 4.78 is 0. The molecule has 6 nitrogen and oxygen atoms in total. The van der Waals surface area contributed by atoms with E-state index in [1.165, 1.54) is 10.5 Å². The van der Waals surface area contributed by atoms with Crippen LogP contribution < -0.4 is 10.6 Å². The average Bonchev–Trinajstić information content (AvgIpc) is 2.69. The van der Waals surface area contributed by atoms with E-state index in [1.54, 1.807) is 30.5 Å². The highest BCUT2D eigenvalue weighted by Crippen LogP contribution is 2.27. The van der Waals surface area contributed by atoms with Crippen LogP contribution in [0.15, 0.2) is 60.8 Å². The largest absolute Gasteiger partial charge is 0.399 e. The molecule has 0 spiro atoms. The van der Waals surface area contributed by atoms with Crippen molar-refractivity contribution in [1.82, 2.24) is 14.9 Å². The highest BCUT2D eigenvalue weighted by Gasteiger charge is 2.17. The van der Waals surface area contributed by atoms with Gasteiger partial charge in [-0.1, -0.05) is 36.4 Å². The summed E-state index contributed by atoms with van der Waals surface area (Å²) >= 11 is 6.01. The number of halogens is 1. The van der Waals surface area contributed by atoms with Gasteiger partial charge in [0.15, 0.2) is 0 Å². The normalized spacial score (nSPS) is 10.8. The molecule has 0 aliphatic heterocycles. The molecule has 1 aromatic heterocycles. The minimum atomic E-state index is 0.0899. The molecule has 7 heteroatoms. The van der Waals surface area contributed by atoms with Crippen LogP contribution in [0.5, 0.6) is 0 Å². The molecule has 28 heavy (non-hydrogen) atoms. The first-order valence-electron chi connectivity index (χ1n) is 8.91. The topological polar surface area (TPSA) is 75.4 Å². The molecule has 3 aromatic rings. The van der Waals surface area contributed by atoms with Crippen LogP contribution in [0, 0.1) is 0 Å². The number of nitrogens with two attached hydrogens (primary N) is 1. The third-order valence-electron chi connectivity index (χ3n) is 4.35. The number of anilines is 3. The number of hydrogen-bond donors (Lipinski definition) is 1. The van der Waals surface area contributed by atoms with Crippen molar-refractivity contribution in [2.24, 2.45) is 0 Å². The van der Waals surface area contributed by atoms with Crippen LogP contribution in [0.25, 0.3) is 0 Å². The number of benzene rings is 2. The molecule has 2 aromatic carbocycles. The van der Waals surface area contributed by atoms with Crippen LogP contribution in [0.2, 0.25) is 5.28 Å². The van der Waals surface area contributed by atoms with Crippen LogP contribution >= 0.6 is 11.6 Å². The number of carbonyl (C=O) groups is 1. The van der Waals surface area contributed by atoms with Gasteiger partial charge in [-0.3, -0.25) is 9.69 Å². The number of carbonyl (C=O) groups excluding carboxylic acids is 1. The van der Waals surface area contributed by atoms with E-state index in [9.17, 15) is 4.79 Å². The lowest BCUT2D eigenvalue weighted by atomic mass is 10.1. The van der Waals surface area contributed by atoms with Gasteiger partial charge in [-0.05, 0) is 48.8 Å². The summed E-state index contributed by atoms with van der Waals surface area (Å²) in [5, 5.41) is 0.0899. The second kappa shape index (κ2) is 9.30.